The van der Waals surface area contributed by atoms with Crippen LogP contribution in [0.1, 0.15) is 20.8 Å². The van der Waals surface area contributed by atoms with Gasteiger partial charge in [-0.15, -0.1) is 0 Å². The Morgan fingerprint density at radius 2 is 1.55 bits per heavy atom. The second-order valence-electron chi connectivity index (χ2n) is 3.55. The molecule has 7 nitrogen and oxygen atoms in total. The minimum Gasteiger partial charge on any atom is -0.502 e. The second kappa shape index (κ2) is 7.32. The lowest BCUT2D eigenvalue weighted by Gasteiger charge is -2.18. The Hall–Kier alpha value is -2.31. The zero-order valence-corrected chi connectivity index (χ0v) is 11.6. The van der Waals surface area contributed by atoms with Gasteiger partial charge in [-0.05, 0) is 20.8 Å². The van der Waals surface area contributed by atoms with Crippen molar-refractivity contribution in [2.45, 2.75) is 20.8 Å². The molecule has 0 aromatic heterocycles. The smallest absolute Gasteiger partial charge is 0.502 e. The van der Waals surface area contributed by atoms with Gasteiger partial charge in [-0.1, -0.05) is 0 Å². The maximum absolute atomic E-state index is 10.6. The molecule has 0 unspecified atom stereocenters. The third kappa shape index (κ3) is 3.59. The lowest BCUT2D eigenvalue weighted by Crippen LogP contribution is -2.07. The van der Waals surface area contributed by atoms with E-state index < -0.39 is 11.9 Å². The minimum atomic E-state index is -1.55. The summed E-state index contributed by atoms with van der Waals surface area (Å²) in [6.45, 7) is 6.18. The third-order valence-corrected chi connectivity index (χ3v) is 2.22. The van der Waals surface area contributed by atoms with Crippen molar-refractivity contribution in [1.82, 2.24) is 0 Å². The average Bonchev–Trinajstić information content (AvgIpc) is 2.39. The average molecular weight is 286 g/mol. The fourth-order valence-electron chi connectivity index (χ4n) is 1.58. The molecule has 0 heterocycles. The van der Waals surface area contributed by atoms with Crippen LogP contribution in [0, 0.1) is 0 Å². The summed E-state index contributed by atoms with van der Waals surface area (Å²) in [7, 11) is 0. The maximum atomic E-state index is 10.6. The number of phenolic OH excluding ortho intramolecular Hbond substituents is 1. The highest BCUT2D eigenvalue weighted by molar-refractivity contribution is 5.70. The van der Waals surface area contributed by atoms with Crippen LogP contribution in [-0.4, -0.2) is 36.2 Å². The maximum Gasteiger partial charge on any atom is 0.511 e. The first-order chi connectivity index (χ1) is 9.54. The molecule has 0 saturated heterocycles. The van der Waals surface area contributed by atoms with E-state index in [-0.39, 0.29) is 29.6 Å². The molecule has 1 aromatic carbocycles. The van der Waals surface area contributed by atoms with Crippen LogP contribution < -0.4 is 18.9 Å². The second-order valence-corrected chi connectivity index (χ2v) is 3.55. The van der Waals surface area contributed by atoms with Gasteiger partial charge < -0.3 is 29.2 Å². The van der Waals surface area contributed by atoms with Crippen LogP contribution >= 0.6 is 0 Å². The van der Waals surface area contributed by atoms with Crippen LogP contribution in [0.5, 0.6) is 28.7 Å². The van der Waals surface area contributed by atoms with Gasteiger partial charge in [-0.3, -0.25) is 0 Å². The predicted molar refractivity (Wildman–Crippen MR) is 70.3 cm³/mol. The van der Waals surface area contributed by atoms with E-state index in [1.807, 2.05) is 0 Å². The number of rotatable bonds is 7. The molecule has 0 aliphatic carbocycles. The van der Waals surface area contributed by atoms with Gasteiger partial charge in [0, 0.05) is 6.07 Å². The van der Waals surface area contributed by atoms with Crippen molar-refractivity contribution in [3.63, 3.8) is 0 Å². The van der Waals surface area contributed by atoms with E-state index in [4.69, 9.17) is 19.3 Å². The van der Waals surface area contributed by atoms with Gasteiger partial charge in [0.2, 0.25) is 17.2 Å². The van der Waals surface area contributed by atoms with Gasteiger partial charge in [-0.25, -0.2) is 4.79 Å². The Kier molecular flexibility index (Phi) is 5.76. The molecule has 112 valence electrons. The number of hydrogen-bond donors (Lipinski definition) is 2. The Labute approximate surface area is 116 Å². The number of benzene rings is 1. The molecular formula is C13H18O7. The summed E-state index contributed by atoms with van der Waals surface area (Å²) < 4.78 is 20.6. The largest absolute Gasteiger partial charge is 0.511 e. The Morgan fingerprint density at radius 1 is 1.00 bits per heavy atom. The summed E-state index contributed by atoms with van der Waals surface area (Å²) >= 11 is 0. The zero-order chi connectivity index (χ0) is 15.1. The first-order valence-corrected chi connectivity index (χ1v) is 6.24. The first-order valence-electron chi connectivity index (χ1n) is 6.24. The topological polar surface area (TPSA) is 94.5 Å². The van der Waals surface area contributed by atoms with Crippen LogP contribution in [0.4, 0.5) is 4.79 Å². The molecule has 0 fully saturated rings. The molecule has 7 heteroatoms. The van der Waals surface area contributed by atoms with Crippen molar-refractivity contribution in [3.05, 3.63) is 6.07 Å². The van der Waals surface area contributed by atoms with Crippen LogP contribution in [-0.2, 0) is 0 Å². The molecule has 0 spiro atoms. The van der Waals surface area contributed by atoms with Crippen molar-refractivity contribution in [3.8, 4) is 28.7 Å². The van der Waals surface area contributed by atoms with E-state index in [1.165, 1.54) is 6.07 Å². The van der Waals surface area contributed by atoms with Crippen molar-refractivity contribution < 1.29 is 34.0 Å². The van der Waals surface area contributed by atoms with Crippen LogP contribution in [0.2, 0.25) is 0 Å². The fraction of sp³-hybridized carbons (Fsp3) is 0.462. The van der Waals surface area contributed by atoms with Crippen LogP contribution in [0.15, 0.2) is 6.07 Å². The number of ether oxygens (including phenoxy) is 4. The summed E-state index contributed by atoms with van der Waals surface area (Å²) in [6.07, 6.45) is -1.55. The van der Waals surface area contributed by atoms with Gasteiger partial charge >= 0.3 is 6.16 Å². The van der Waals surface area contributed by atoms with Crippen LogP contribution in [0.25, 0.3) is 0 Å². The molecule has 0 bridgehead atoms. The predicted octanol–water partition coefficient (Wildman–Crippen LogP) is 2.65. The Morgan fingerprint density at radius 3 is 2.05 bits per heavy atom. The van der Waals surface area contributed by atoms with Gasteiger partial charge in [0.05, 0.1) is 19.8 Å². The normalized spacial score (nSPS) is 9.95. The van der Waals surface area contributed by atoms with E-state index in [9.17, 15) is 9.90 Å². The van der Waals surface area contributed by atoms with Crippen molar-refractivity contribution >= 4 is 6.16 Å². The monoisotopic (exact) mass is 286 g/mol. The highest BCUT2D eigenvalue weighted by atomic mass is 16.7. The summed E-state index contributed by atoms with van der Waals surface area (Å²) in [4.78, 5) is 10.6. The van der Waals surface area contributed by atoms with E-state index in [0.29, 0.717) is 13.2 Å². The number of carbonyl (C=O) groups is 1. The van der Waals surface area contributed by atoms with Crippen molar-refractivity contribution in [2.24, 2.45) is 0 Å². The molecule has 1 aromatic rings. The highest BCUT2D eigenvalue weighted by Gasteiger charge is 2.23. The van der Waals surface area contributed by atoms with Gasteiger partial charge in [0.25, 0.3) is 0 Å². The van der Waals surface area contributed by atoms with E-state index in [2.05, 4.69) is 4.74 Å². The molecule has 0 atom stereocenters. The number of aromatic hydroxyl groups is 1. The molecule has 0 aliphatic heterocycles. The van der Waals surface area contributed by atoms with E-state index in [0.717, 1.165) is 0 Å². The first kappa shape index (κ1) is 15.7. The highest BCUT2D eigenvalue weighted by Crippen LogP contribution is 2.50. The summed E-state index contributed by atoms with van der Waals surface area (Å²) in [5.41, 5.74) is 0. The van der Waals surface area contributed by atoms with Gasteiger partial charge in [0.1, 0.15) is 0 Å². The molecule has 0 aliphatic rings. The van der Waals surface area contributed by atoms with Crippen LogP contribution in [0.3, 0.4) is 0 Å². The van der Waals surface area contributed by atoms with E-state index >= 15 is 0 Å². The Balaban J connectivity index is 3.39. The minimum absolute atomic E-state index is 0.00319. The number of hydrogen-bond acceptors (Lipinski definition) is 6. The van der Waals surface area contributed by atoms with Gasteiger partial charge in [0.15, 0.2) is 11.5 Å². The standard InChI is InChI=1S/C13H18O7/c1-4-17-9-7-8(20-13(15)16)10(14)12(19-6-3)11(9)18-5-2/h7,14H,4-6H2,1-3H3,(H,15,16). The summed E-state index contributed by atoms with van der Waals surface area (Å²) in [5.74, 6) is -0.260. The lowest BCUT2D eigenvalue weighted by atomic mass is 10.2. The molecule has 2 N–H and O–H groups in total. The number of carboxylic acid groups (broad SMARTS) is 1. The van der Waals surface area contributed by atoms with Crippen molar-refractivity contribution in [1.29, 1.82) is 0 Å². The zero-order valence-electron chi connectivity index (χ0n) is 11.6. The molecular weight excluding hydrogens is 268 g/mol. The Bertz CT molecular complexity index is 470. The lowest BCUT2D eigenvalue weighted by molar-refractivity contribution is 0.142. The number of phenols is 1. The quantitative estimate of drug-likeness (QED) is 0.587. The molecule has 0 saturated carbocycles. The molecule has 20 heavy (non-hydrogen) atoms. The fourth-order valence-corrected chi connectivity index (χ4v) is 1.58. The summed E-state index contributed by atoms with van der Waals surface area (Å²) in [5, 5.41) is 18.7. The molecule has 0 amide bonds. The third-order valence-electron chi connectivity index (χ3n) is 2.22. The SMILES string of the molecule is CCOc1cc(OC(=O)O)c(O)c(OCC)c1OCC. The van der Waals surface area contributed by atoms with Gasteiger partial charge in [-0.2, -0.15) is 0 Å². The van der Waals surface area contributed by atoms with E-state index in [1.54, 1.807) is 20.8 Å². The molecule has 0 radical (unpaired) electrons. The summed E-state index contributed by atoms with van der Waals surface area (Å²) in [6, 6.07) is 1.25. The molecule has 1 rings (SSSR count). The van der Waals surface area contributed by atoms with Crippen molar-refractivity contribution in [2.75, 3.05) is 19.8 Å².